The van der Waals surface area contributed by atoms with Gasteiger partial charge in [0.1, 0.15) is 5.69 Å². The molecule has 17 heavy (non-hydrogen) atoms. The summed E-state index contributed by atoms with van der Waals surface area (Å²) in [5.41, 5.74) is 0.605. The number of hydrogen-bond donors (Lipinski definition) is 0. The Morgan fingerprint density at radius 1 is 1.47 bits per heavy atom. The molecule has 0 spiro atoms. The van der Waals surface area contributed by atoms with E-state index in [1.807, 2.05) is 6.92 Å². The van der Waals surface area contributed by atoms with Gasteiger partial charge in [0.15, 0.2) is 5.78 Å². The normalized spacial score (nSPS) is 24.9. The summed E-state index contributed by atoms with van der Waals surface area (Å²) in [6.45, 7) is 4.92. The zero-order valence-corrected chi connectivity index (χ0v) is 11.2. The highest BCUT2D eigenvalue weighted by Crippen LogP contribution is 2.32. The number of halogens is 1. The molecule has 3 nitrogen and oxygen atoms in total. The van der Waals surface area contributed by atoms with Gasteiger partial charge in [-0.2, -0.15) is 5.10 Å². The SMILES string of the molecule is CCn1ncc(Cl)c1C(=O)C1CCC(C)CC1. The number of carbonyl (C=O) groups is 1. The van der Waals surface area contributed by atoms with Crippen LogP contribution in [0.4, 0.5) is 0 Å². The molecule has 2 rings (SSSR count). The fraction of sp³-hybridized carbons (Fsp3) is 0.692. The maximum atomic E-state index is 12.4. The topological polar surface area (TPSA) is 34.9 Å². The Kier molecular flexibility index (Phi) is 3.87. The molecule has 0 bridgehead atoms. The highest BCUT2D eigenvalue weighted by molar-refractivity contribution is 6.33. The van der Waals surface area contributed by atoms with Gasteiger partial charge in [0.2, 0.25) is 0 Å². The molecule has 0 aromatic carbocycles. The zero-order chi connectivity index (χ0) is 12.4. The van der Waals surface area contributed by atoms with Crippen molar-refractivity contribution in [1.82, 2.24) is 9.78 Å². The molecule has 0 aliphatic heterocycles. The molecule has 0 saturated heterocycles. The lowest BCUT2D eigenvalue weighted by Gasteiger charge is -2.25. The van der Waals surface area contributed by atoms with E-state index in [1.54, 1.807) is 10.9 Å². The molecule has 4 heteroatoms. The van der Waals surface area contributed by atoms with Crippen LogP contribution < -0.4 is 0 Å². The van der Waals surface area contributed by atoms with Gasteiger partial charge >= 0.3 is 0 Å². The number of nitrogens with zero attached hydrogens (tertiary/aromatic N) is 2. The first kappa shape index (κ1) is 12.6. The Morgan fingerprint density at radius 2 is 2.12 bits per heavy atom. The van der Waals surface area contributed by atoms with Gasteiger partial charge in [-0.25, -0.2) is 0 Å². The lowest BCUT2D eigenvalue weighted by atomic mass is 9.80. The molecule has 1 aliphatic carbocycles. The first-order valence-corrected chi connectivity index (χ1v) is 6.76. The number of rotatable bonds is 3. The summed E-state index contributed by atoms with van der Waals surface area (Å²) in [7, 11) is 0. The van der Waals surface area contributed by atoms with Crippen molar-refractivity contribution in [3.8, 4) is 0 Å². The summed E-state index contributed by atoms with van der Waals surface area (Å²) < 4.78 is 1.71. The molecule has 1 aromatic rings. The third-order valence-electron chi connectivity index (χ3n) is 3.71. The summed E-state index contributed by atoms with van der Waals surface area (Å²) >= 11 is 6.06. The Balaban J connectivity index is 2.16. The molecule has 0 N–H and O–H groups in total. The Bertz CT molecular complexity index is 406. The van der Waals surface area contributed by atoms with E-state index >= 15 is 0 Å². The summed E-state index contributed by atoms with van der Waals surface area (Å²) in [6, 6.07) is 0. The molecular formula is C13H19ClN2O. The Hall–Kier alpha value is -0.830. The van der Waals surface area contributed by atoms with E-state index in [4.69, 9.17) is 11.6 Å². The molecule has 94 valence electrons. The quantitative estimate of drug-likeness (QED) is 0.773. The predicted molar refractivity (Wildman–Crippen MR) is 68.4 cm³/mol. The van der Waals surface area contributed by atoms with Crippen molar-refractivity contribution in [3.63, 3.8) is 0 Å². The van der Waals surface area contributed by atoms with E-state index in [0.29, 0.717) is 17.3 Å². The van der Waals surface area contributed by atoms with Crippen LogP contribution in [0.3, 0.4) is 0 Å². The standard InChI is InChI=1S/C13H19ClN2O/c1-3-16-12(11(14)8-15-16)13(17)10-6-4-9(2)5-7-10/h8-10H,3-7H2,1-2H3. The molecule has 0 atom stereocenters. The fourth-order valence-electron chi connectivity index (χ4n) is 2.56. The monoisotopic (exact) mass is 254 g/mol. The molecule has 0 unspecified atom stereocenters. The first-order valence-electron chi connectivity index (χ1n) is 6.39. The molecule has 1 aliphatic rings. The van der Waals surface area contributed by atoms with Gasteiger partial charge in [0.05, 0.1) is 11.2 Å². The van der Waals surface area contributed by atoms with Crippen LogP contribution in [0, 0.1) is 11.8 Å². The van der Waals surface area contributed by atoms with Crippen molar-refractivity contribution in [1.29, 1.82) is 0 Å². The van der Waals surface area contributed by atoms with Crippen molar-refractivity contribution in [3.05, 3.63) is 16.9 Å². The van der Waals surface area contributed by atoms with Crippen molar-refractivity contribution < 1.29 is 4.79 Å². The van der Waals surface area contributed by atoms with Gasteiger partial charge in [-0.3, -0.25) is 9.48 Å². The van der Waals surface area contributed by atoms with Crippen molar-refractivity contribution in [2.45, 2.75) is 46.1 Å². The van der Waals surface area contributed by atoms with E-state index in [-0.39, 0.29) is 11.7 Å². The molecule has 1 heterocycles. The molecule has 1 aromatic heterocycles. The van der Waals surface area contributed by atoms with Crippen LogP contribution in [0.5, 0.6) is 0 Å². The van der Waals surface area contributed by atoms with Gasteiger partial charge in [0, 0.05) is 12.5 Å². The summed E-state index contributed by atoms with van der Waals surface area (Å²) in [5, 5.41) is 4.62. The van der Waals surface area contributed by atoms with Crippen molar-refractivity contribution >= 4 is 17.4 Å². The van der Waals surface area contributed by atoms with Crippen molar-refractivity contribution in [2.24, 2.45) is 11.8 Å². The van der Waals surface area contributed by atoms with Crippen LogP contribution >= 0.6 is 11.6 Å². The summed E-state index contributed by atoms with van der Waals surface area (Å²) in [6.07, 6.45) is 5.85. The maximum Gasteiger partial charge on any atom is 0.185 e. The first-order chi connectivity index (χ1) is 8.13. The van der Waals surface area contributed by atoms with Crippen LogP contribution in [0.1, 0.15) is 50.0 Å². The number of ketones is 1. The number of hydrogen-bond acceptors (Lipinski definition) is 2. The smallest absolute Gasteiger partial charge is 0.185 e. The zero-order valence-electron chi connectivity index (χ0n) is 10.4. The van der Waals surface area contributed by atoms with E-state index in [0.717, 1.165) is 31.6 Å². The fourth-order valence-corrected chi connectivity index (χ4v) is 2.80. The minimum absolute atomic E-state index is 0.144. The van der Waals surface area contributed by atoms with Crippen LogP contribution in [-0.4, -0.2) is 15.6 Å². The third-order valence-corrected chi connectivity index (χ3v) is 3.99. The highest BCUT2D eigenvalue weighted by atomic mass is 35.5. The maximum absolute atomic E-state index is 12.4. The van der Waals surface area contributed by atoms with E-state index in [1.165, 1.54) is 0 Å². The van der Waals surface area contributed by atoms with Crippen LogP contribution in [0.2, 0.25) is 5.02 Å². The van der Waals surface area contributed by atoms with Crippen LogP contribution in [0.25, 0.3) is 0 Å². The molecule has 0 radical (unpaired) electrons. The van der Waals surface area contributed by atoms with Crippen LogP contribution in [-0.2, 0) is 6.54 Å². The average molecular weight is 255 g/mol. The number of aryl methyl sites for hydroxylation is 1. The lowest BCUT2D eigenvalue weighted by Crippen LogP contribution is -2.23. The second-order valence-corrected chi connectivity index (χ2v) is 5.39. The minimum Gasteiger partial charge on any atom is -0.292 e. The minimum atomic E-state index is 0.144. The second kappa shape index (κ2) is 5.21. The summed E-state index contributed by atoms with van der Waals surface area (Å²) in [5.74, 6) is 1.08. The van der Waals surface area contributed by atoms with Crippen LogP contribution in [0.15, 0.2) is 6.20 Å². The second-order valence-electron chi connectivity index (χ2n) is 4.98. The van der Waals surface area contributed by atoms with Gasteiger partial charge in [-0.15, -0.1) is 0 Å². The van der Waals surface area contributed by atoms with Crippen molar-refractivity contribution in [2.75, 3.05) is 0 Å². The molecule has 0 amide bonds. The Labute approximate surface area is 107 Å². The molecule has 1 saturated carbocycles. The van der Waals surface area contributed by atoms with Gasteiger partial charge in [0.25, 0.3) is 0 Å². The number of carbonyl (C=O) groups excluding carboxylic acids is 1. The number of aromatic nitrogens is 2. The molecular weight excluding hydrogens is 236 g/mol. The largest absolute Gasteiger partial charge is 0.292 e. The Morgan fingerprint density at radius 3 is 2.71 bits per heavy atom. The van der Waals surface area contributed by atoms with Gasteiger partial charge in [-0.1, -0.05) is 31.4 Å². The van der Waals surface area contributed by atoms with Gasteiger partial charge < -0.3 is 0 Å². The van der Waals surface area contributed by atoms with Gasteiger partial charge in [-0.05, 0) is 25.7 Å². The van der Waals surface area contributed by atoms with E-state index < -0.39 is 0 Å². The van der Waals surface area contributed by atoms with E-state index in [2.05, 4.69) is 12.0 Å². The van der Waals surface area contributed by atoms with E-state index in [9.17, 15) is 4.79 Å². The third kappa shape index (κ3) is 2.54. The number of Topliss-reactive ketones (excluding diaryl/α,β-unsaturated/α-hetero) is 1. The lowest BCUT2D eigenvalue weighted by molar-refractivity contribution is 0.0864. The predicted octanol–water partition coefficient (Wildman–Crippen LogP) is 3.57. The molecule has 1 fully saturated rings. The highest BCUT2D eigenvalue weighted by Gasteiger charge is 2.28. The summed E-state index contributed by atoms with van der Waals surface area (Å²) in [4.78, 5) is 12.4. The average Bonchev–Trinajstić information content (AvgIpc) is 2.70.